The molecule has 2 aromatic heterocycles. The summed E-state index contributed by atoms with van der Waals surface area (Å²) in [6.45, 7) is 0.451. The smallest absolute Gasteiger partial charge is 0.326 e. The summed E-state index contributed by atoms with van der Waals surface area (Å²) in [5, 5.41) is 14.0. The number of nitrogens with zero attached hydrogens (tertiary/aromatic N) is 2. The predicted molar refractivity (Wildman–Crippen MR) is 76.1 cm³/mol. The molecule has 0 bridgehead atoms. The van der Waals surface area contributed by atoms with Gasteiger partial charge in [0.05, 0.1) is 11.3 Å². The van der Waals surface area contributed by atoms with E-state index in [0.717, 1.165) is 5.01 Å². The van der Waals surface area contributed by atoms with Crippen molar-refractivity contribution in [3.8, 4) is 0 Å². The lowest BCUT2D eigenvalue weighted by Crippen LogP contribution is -2.42. The first-order valence-electron chi connectivity index (χ1n) is 6.25. The maximum absolute atomic E-state index is 12.0. The number of imidazole rings is 1. The third-order valence-electron chi connectivity index (χ3n) is 2.72. The van der Waals surface area contributed by atoms with Gasteiger partial charge in [-0.3, -0.25) is 4.79 Å². The molecule has 0 radical (unpaired) electrons. The number of nitrogens with one attached hydrogen (secondary N) is 2. The number of carbonyl (C=O) groups is 2. The molecule has 0 aliphatic carbocycles. The number of thiazole rings is 1. The van der Waals surface area contributed by atoms with Gasteiger partial charge in [0.2, 0.25) is 0 Å². The molecule has 21 heavy (non-hydrogen) atoms. The van der Waals surface area contributed by atoms with Crippen molar-refractivity contribution in [3.05, 3.63) is 34.3 Å². The Morgan fingerprint density at radius 2 is 2.33 bits per heavy atom. The average Bonchev–Trinajstić information content (AvgIpc) is 3.09. The molecule has 112 valence electrons. The van der Waals surface area contributed by atoms with Crippen molar-refractivity contribution in [1.82, 2.24) is 20.3 Å². The zero-order valence-electron chi connectivity index (χ0n) is 11.1. The van der Waals surface area contributed by atoms with Crippen LogP contribution in [0.25, 0.3) is 0 Å². The molecule has 0 unspecified atom stereocenters. The van der Waals surface area contributed by atoms with Gasteiger partial charge >= 0.3 is 5.97 Å². The van der Waals surface area contributed by atoms with Gasteiger partial charge in [0.15, 0.2) is 0 Å². The Balaban J connectivity index is 2.01. The molecule has 1 atom stereocenters. The van der Waals surface area contributed by atoms with E-state index in [9.17, 15) is 14.7 Å². The van der Waals surface area contributed by atoms with E-state index in [0.29, 0.717) is 18.7 Å². The Bertz CT molecular complexity index is 610. The number of aliphatic carboxylic acids is 1. The van der Waals surface area contributed by atoms with Crippen LogP contribution in [0.15, 0.2) is 17.9 Å². The minimum atomic E-state index is -1.12. The Morgan fingerprint density at radius 3 is 2.95 bits per heavy atom. The Labute approximate surface area is 124 Å². The van der Waals surface area contributed by atoms with Crippen LogP contribution in [0.5, 0.6) is 0 Å². The molecule has 1 amide bonds. The fraction of sp³-hybridized carbons (Fsp3) is 0.333. The van der Waals surface area contributed by atoms with Crippen LogP contribution in [0.2, 0.25) is 0 Å². The number of H-pyrrole nitrogens is 1. The molecule has 2 rings (SSSR count). The first kappa shape index (κ1) is 15.1. The molecular weight excluding hydrogens is 294 g/mol. The molecular formula is C12H15N5O3S. The second-order valence-corrected chi connectivity index (χ2v) is 5.25. The first-order chi connectivity index (χ1) is 10.1. The lowest BCUT2D eigenvalue weighted by atomic mass is 10.1. The maximum atomic E-state index is 12.0. The van der Waals surface area contributed by atoms with Gasteiger partial charge in [-0.2, -0.15) is 0 Å². The third-order valence-corrected chi connectivity index (χ3v) is 3.63. The SMILES string of the molecule is NCCc1nc(C(=O)N[C@@H](Cc2cnc[nH]2)C(=O)O)cs1. The van der Waals surface area contributed by atoms with E-state index < -0.39 is 17.9 Å². The maximum Gasteiger partial charge on any atom is 0.326 e. The molecule has 0 saturated heterocycles. The molecule has 0 aliphatic rings. The van der Waals surface area contributed by atoms with Crippen LogP contribution in [0.3, 0.4) is 0 Å². The Morgan fingerprint density at radius 1 is 1.52 bits per heavy atom. The summed E-state index contributed by atoms with van der Waals surface area (Å²) < 4.78 is 0. The van der Waals surface area contributed by atoms with Gasteiger partial charge in [0.25, 0.3) is 5.91 Å². The van der Waals surface area contributed by atoms with Crippen LogP contribution in [0.1, 0.15) is 21.2 Å². The van der Waals surface area contributed by atoms with E-state index in [4.69, 9.17) is 5.73 Å². The summed E-state index contributed by atoms with van der Waals surface area (Å²) >= 11 is 1.33. The fourth-order valence-corrected chi connectivity index (χ4v) is 2.50. The molecule has 0 aliphatic heterocycles. The zero-order valence-corrected chi connectivity index (χ0v) is 11.9. The van der Waals surface area contributed by atoms with Gasteiger partial charge in [0.1, 0.15) is 11.7 Å². The van der Waals surface area contributed by atoms with Gasteiger partial charge in [-0.25, -0.2) is 14.8 Å². The monoisotopic (exact) mass is 309 g/mol. The highest BCUT2D eigenvalue weighted by Gasteiger charge is 2.22. The van der Waals surface area contributed by atoms with Gasteiger partial charge in [-0.15, -0.1) is 11.3 Å². The van der Waals surface area contributed by atoms with E-state index in [2.05, 4.69) is 20.3 Å². The summed E-state index contributed by atoms with van der Waals surface area (Å²) in [6.07, 6.45) is 3.69. The summed E-state index contributed by atoms with van der Waals surface area (Å²) in [7, 11) is 0. The molecule has 2 heterocycles. The highest BCUT2D eigenvalue weighted by Crippen LogP contribution is 2.10. The summed E-state index contributed by atoms with van der Waals surface area (Å²) in [5.74, 6) is -1.63. The van der Waals surface area contributed by atoms with Gasteiger partial charge in [-0.1, -0.05) is 0 Å². The number of carbonyl (C=O) groups excluding carboxylic acids is 1. The molecule has 8 nitrogen and oxygen atoms in total. The van der Waals surface area contributed by atoms with Gasteiger partial charge in [-0.05, 0) is 6.54 Å². The number of aromatic nitrogens is 3. The Hall–Kier alpha value is -2.26. The standard InChI is InChI=1S/C12H15N5O3S/c13-2-1-10-16-9(5-21-10)11(18)17-8(12(19)20)3-7-4-14-6-15-7/h4-6,8H,1-3,13H2,(H,14,15)(H,17,18)(H,19,20)/t8-/m0/s1. The van der Waals surface area contributed by atoms with E-state index in [-0.39, 0.29) is 12.1 Å². The van der Waals surface area contributed by atoms with E-state index in [1.807, 2.05) is 0 Å². The third kappa shape index (κ3) is 4.10. The number of hydrogen-bond acceptors (Lipinski definition) is 6. The largest absolute Gasteiger partial charge is 0.480 e. The fourth-order valence-electron chi connectivity index (χ4n) is 1.70. The quantitative estimate of drug-likeness (QED) is 0.559. The number of carboxylic acids is 1. The number of rotatable bonds is 7. The molecule has 0 fully saturated rings. The zero-order chi connectivity index (χ0) is 15.2. The molecule has 0 spiro atoms. The van der Waals surface area contributed by atoms with Crippen molar-refractivity contribution >= 4 is 23.2 Å². The second kappa shape index (κ2) is 6.95. The summed E-state index contributed by atoms with van der Waals surface area (Å²) in [5.41, 5.74) is 6.26. The molecule has 2 aromatic rings. The lowest BCUT2D eigenvalue weighted by Gasteiger charge is -2.12. The summed E-state index contributed by atoms with van der Waals surface area (Å²) in [6, 6.07) is -1.04. The van der Waals surface area contributed by atoms with Crippen molar-refractivity contribution < 1.29 is 14.7 Å². The predicted octanol–water partition coefficient (Wildman–Crippen LogP) is -0.207. The first-order valence-corrected chi connectivity index (χ1v) is 7.13. The van der Waals surface area contributed by atoms with Crippen LogP contribution in [0.4, 0.5) is 0 Å². The number of nitrogens with two attached hydrogens (primary N) is 1. The topological polar surface area (TPSA) is 134 Å². The molecule has 5 N–H and O–H groups in total. The molecule has 0 saturated carbocycles. The highest BCUT2D eigenvalue weighted by atomic mass is 32.1. The van der Waals surface area contributed by atoms with Crippen LogP contribution in [0, 0.1) is 0 Å². The molecule has 0 aromatic carbocycles. The Kier molecular flexibility index (Phi) is 5.01. The van der Waals surface area contributed by atoms with Crippen LogP contribution < -0.4 is 11.1 Å². The average molecular weight is 309 g/mol. The van der Waals surface area contributed by atoms with Crippen molar-refractivity contribution in [1.29, 1.82) is 0 Å². The minimum absolute atomic E-state index is 0.126. The van der Waals surface area contributed by atoms with Crippen molar-refractivity contribution in [2.75, 3.05) is 6.54 Å². The number of aromatic amines is 1. The number of amides is 1. The number of carboxylic acid groups (broad SMARTS) is 1. The lowest BCUT2D eigenvalue weighted by molar-refractivity contribution is -0.139. The molecule has 9 heteroatoms. The van der Waals surface area contributed by atoms with Crippen LogP contribution in [-0.4, -0.2) is 44.5 Å². The minimum Gasteiger partial charge on any atom is -0.480 e. The van der Waals surface area contributed by atoms with Gasteiger partial charge < -0.3 is 21.1 Å². The van der Waals surface area contributed by atoms with E-state index >= 15 is 0 Å². The second-order valence-electron chi connectivity index (χ2n) is 4.31. The number of hydrogen-bond donors (Lipinski definition) is 4. The van der Waals surface area contributed by atoms with Crippen molar-refractivity contribution in [2.24, 2.45) is 5.73 Å². The van der Waals surface area contributed by atoms with Crippen LogP contribution in [-0.2, 0) is 17.6 Å². The van der Waals surface area contributed by atoms with Crippen molar-refractivity contribution in [2.45, 2.75) is 18.9 Å². The van der Waals surface area contributed by atoms with E-state index in [1.54, 1.807) is 5.38 Å². The van der Waals surface area contributed by atoms with Crippen molar-refractivity contribution in [3.63, 3.8) is 0 Å². The van der Waals surface area contributed by atoms with Crippen LogP contribution >= 0.6 is 11.3 Å². The summed E-state index contributed by atoms with van der Waals surface area (Å²) in [4.78, 5) is 34.0. The van der Waals surface area contributed by atoms with Gasteiger partial charge in [0, 0.05) is 30.1 Å². The highest BCUT2D eigenvalue weighted by molar-refractivity contribution is 7.09. The van der Waals surface area contributed by atoms with E-state index in [1.165, 1.54) is 23.9 Å². The normalized spacial score (nSPS) is 12.0.